The summed E-state index contributed by atoms with van der Waals surface area (Å²) in [5.74, 6) is 0.657. The molecule has 176 valence electrons. The molecule has 1 aromatic heterocycles. The van der Waals surface area contributed by atoms with Crippen LogP contribution in [0.2, 0.25) is 5.02 Å². The highest BCUT2D eigenvalue weighted by Gasteiger charge is 2.23. The standard InChI is InChI=1S/C21H30ClN5O4S/c1-4-32(30,31)27(18-8-6-17(22)7-9-18)11-5-10-25-12-14-26(15-13-25)19-16-20(28)24(3)21(29)23(19)2/h6-9,16H,4-5,10-15H2,1-3H3. The van der Waals surface area contributed by atoms with Crippen LogP contribution in [0.1, 0.15) is 13.3 Å². The minimum Gasteiger partial charge on any atom is -0.355 e. The summed E-state index contributed by atoms with van der Waals surface area (Å²) in [5.41, 5.74) is -0.0352. The van der Waals surface area contributed by atoms with Crippen LogP contribution in [0.25, 0.3) is 0 Å². The Morgan fingerprint density at radius 1 is 1.00 bits per heavy atom. The van der Waals surface area contributed by atoms with E-state index < -0.39 is 10.0 Å². The predicted octanol–water partition coefficient (Wildman–Crippen LogP) is 1.11. The van der Waals surface area contributed by atoms with Crippen LogP contribution in [-0.2, 0) is 24.1 Å². The van der Waals surface area contributed by atoms with E-state index in [1.54, 1.807) is 38.2 Å². The van der Waals surface area contributed by atoms with Crippen molar-refractivity contribution < 1.29 is 8.42 Å². The topological polar surface area (TPSA) is 87.9 Å². The van der Waals surface area contributed by atoms with Gasteiger partial charge in [0, 0.05) is 64.5 Å². The number of halogens is 1. The summed E-state index contributed by atoms with van der Waals surface area (Å²) in [6.07, 6.45) is 0.687. The fourth-order valence-corrected chi connectivity index (χ4v) is 5.14. The Kier molecular flexibility index (Phi) is 7.68. The normalized spacial score (nSPS) is 15.2. The zero-order valence-electron chi connectivity index (χ0n) is 18.7. The van der Waals surface area contributed by atoms with Crippen molar-refractivity contribution in [2.75, 3.05) is 54.2 Å². The summed E-state index contributed by atoms with van der Waals surface area (Å²) in [6.45, 7) is 5.70. The number of aromatic nitrogens is 2. The van der Waals surface area contributed by atoms with Crippen molar-refractivity contribution in [3.63, 3.8) is 0 Å². The molecule has 0 atom stereocenters. The molecule has 3 rings (SSSR count). The molecule has 0 radical (unpaired) electrons. The maximum atomic E-state index is 12.6. The Hall–Kier alpha value is -2.30. The molecule has 1 aromatic carbocycles. The number of anilines is 2. The lowest BCUT2D eigenvalue weighted by atomic mass is 10.2. The largest absolute Gasteiger partial charge is 0.355 e. The maximum absolute atomic E-state index is 12.6. The van der Waals surface area contributed by atoms with Crippen LogP contribution in [-0.4, -0.2) is 67.5 Å². The van der Waals surface area contributed by atoms with E-state index in [4.69, 9.17) is 11.6 Å². The van der Waals surface area contributed by atoms with Crippen molar-refractivity contribution in [3.05, 3.63) is 56.2 Å². The van der Waals surface area contributed by atoms with Gasteiger partial charge in [0.1, 0.15) is 5.82 Å². The predicted molar refractivity (Wildman–Crippen MR) is 128 cm³/mol. The van der Waals surface area contributed by atoms with Gasteiger partial charge in [-0.3, -0.25) is 23.1 Å². The van der Waals surface area contributed by atoms with Gasteiger partial charge < -0.3 is 4.90 Å². The SMILES string of the molecule is CCS(=O)(=O)N(CCCN1CCN(c2cc(=O)n(C)c(=O)n2C)CC1)c1ccc(Cl)cc1. The lowest BCUT2D eigenvalue weighted by Crippen LogP contribution is -2.49. The molecular weight excluding hydrogens is 454 g/mol. The molecule has 1 aliphatic rings. The molecule has 11 heteroatoms. The maximum Gasteiger partial charge on any atom is 0.332 e. The van der Waals surface area contributed by atoms with Crippen LogP contribution in [0.15, 0.2) is 39.9 Å². The fourth-order valence-electron chi connectivity index (χ4n) is 3.86. The number of sulfonamides is 1. The van der Waals surface area contributed by atoms with Crippen molar-refractivity contribution in [2.45, 2.75) is 13.3 Å². The summed E-state index contributed by atoms with van der Waals surface area (Å²) in [5, 5.41) is 0.564. The Morgan fingerprint density at radius 3 is 2.22 bits per heavy atom. The van der Waals surface area contributed by atoms with Crippen molar-refractivity contribution in [2.24, 2.45) is 14.1 Å². The molecule has 0 saturated carbocycles. The first kappa shape index (κ1) is 24.3. The van der Waals surface area contributed by atoms with E-state index in [2.05, 4.69) is 4.90 Å². The lowest BCUT2D eigenvalue weighted by molar-refractivity contribution is 0.255. The first-order chi connectivity index (χ1) is 15.1. The minimum atomic E-state index is -3.39. The monoisotopic (exact) mass is 483 g/mol. The van der Waals surface area contributed by atoms with E-state index >= 15 is 0 Å². The van der Waals surface area contributed by atoms with Gasteiger partial charge in [-0.2, -0.15) is 0 Å². The molecule has 0 spiro atoms. The molecule has 1 aliphatic heterocycles. The quantitative estimate of drug-likeness (QED) is 0.559. The molecular formula is C21H30ClN5O4S. The van der Waals surface area contributed by atoms with Gasteiger partial charge in [0.25, 0.3) is 5.56 Å². The molecule has 1 fully saturated rings. The molecule has 0 bridgehead atoms. The molecule has 0 amide bonds. The van der Waals surface area contributed by atoms with E-state index in [0.29, 0.717) is 42.6 Å². The highest BCUT2D eigenvalue weighted by molar-refractivity contribution is 7.92. The number of nitrogens with zero attached hydrogens (tertiary/aromatic N) is 5. The second kappa shape index (κ2) is 10.1. The van der Waals surface area contributed by atoms with Gasteiger partial charge in [-0.1, -0.05) is 11.6 Å². The van der Waals surface area contributed by atoms with E-state index in [1.165, 1.54) is 22.0 Å². The van der Waals surface area contributed by atoms with Gasteiger partial charge in [0.05, 0.1) is 11.4 Å². The number of hydrogen-bond acceptors (Lipinski definition) is 6. The van der Waals surface area contributed by atoms with E-state index in [0.717, 1.165) is 24.2 Å². The van der Waals surface area contributed by atoms with Crippen LogP contribution in [0.4, 0.5) is 11.5 Å². The summed E-state index contributed by atoms with van der Waals surface area (Å²) in [6, 6.07) is 8.33. The van der Waals surface area contributed by atoms with Gasteiger partial charge in [-0.15, -0.1) is 0 Å². The van der Waals surface area contributed by atoms with Crippen LogP contribution >= 0.6 is 11.6 Å². The van der Waals surface area contributed by atoms with Crippen LogP contribution in [0.3, 0.4) is 0 Å². The molecule has 32 heavy (non-hydrogen) atoms. The Bertz CT molecular complexity index is 1150. The molecule has 0 aliphatic carbocycles. The number of rotatable bonds is 8. The third kappa shape index (κ3) is 5.36. The van der Waals surface area contributed by atoms with Gasteiger partial charge in [-0.05, 0) is 37.6 Å². The van der Waals surface area contributed by atoms with Crippen LogP contribution in [0, 0.1) is 0 Å². The van der Waals surface area contributed by atoms with Gasteiger partial charge >= 0.3 is 5.69 Å². The first-order valence-corrected chi connectivity index (χ1v) is 12.6. The van der Waals surface area contributed by atoms with E-state index in [9.17, 15) is 18.0 Å². The van der Waals surface area contributed by atoms with E-state index in [1.807, 2.05) is 4.90 Å². The average Bonchev–Trinajstić information content (AvgIpc) is 2.79. The minimum absolute atomic E-state index is 0.0313. The Labute approximate surface area is 193 Å². The number of piperazine rings is 1. The average molecular weight is 484 g/mol. The zero-order chi connectivity index (χ0) is 23.5. The summed E-state index contributed by atoms with van der Waals surface area (Å²) < 4.78 is 29.2. The Balaban J connectivity index is 1.59. The zero-order valence-corrected chi connectivity index (χ0v) is 20.3. The van der Waals surface area contributed by atoms with Crippen molar-refractivity contribution in [3.8, 4) is 0 Å². The molecule has 0 unspecified atom stereocenters. The lowest BCUT2D eigenvalue weighted by Gasteiger charge is -2.36. The summed E-state index contributed by atoms with van der Waals surface area (Å²) in [4.78, 5) is 28.5. The molecule has 1 saturated heterocycles. The van der Waals surface area contributed by atoms with Crippen molar-refractivity contribution in [1.29, 1.82) is 0 Å². The number of hydrogen-bond donors (Lipinski definition) is 0. The fraction of sp³-hybridized carbons (Fsp3) is 0.524. The highest BCUT2D eigenvalue weighted by Crippen LogP contribution is 2.22. The van der Waals surface area contributed by atoms with Crippen LogP contribution in [0.5, 0.6) is 0 Å². The second-order valence-electron chi connectivity index (χ2n) is 7.87. The van der Waals surface area contributed by atoms with Crippen LogP contribution < -0.4 is 20.5 Å². The first-order valence-electron chi connectivity index (χ1n) is 10.6. The highest BCUT2D eigenvalue weighted by atomic mass is 35.5. The molecule has 0 N–H and O–H groups in total. The van der Waals surface area contributed by atoms with E-state index in [-0.39, 0.29) is 17.0 Å². The molecule has 9 nitrogen and oxygen atoms in total. The molecule has 2 heterocycles. The third-order valence-electron chi connectivity index (χ3n) is 5.85. The second-order valence-corrected chi connectivity index (χ2v) is 10.5. The smallest absolute Gasteiger partial charge is 0.332 e. The van der Waals surface area contributed by atoms with Gasteiger partial charge in [0.2, 0.25) is 10.0 Å². The Morgan fingerprint density at radius 2 is 1.62 bits per heavy atom. The number of benzene rings is 1. The third-order valence-corrected chi connectivity index (χ3v) is 7.89. The van der Waals surface area contributed by atoms with Gasteiger partial charge in [-0.25, -0.2) is 13.2 Å². The summed E-state index contributed by atoms with van der Waals surface area (Å²) >= 11 is 5.95. The van der Waals surface area contributed by atoms with Crippen molar-refractivity contribution in [1.82, 2.24) is 14.0 Å². The summed E-state index contributed by atoms with van der Waals surface area (Å²) in [7, 11) is -0.251. The molecule has 2 aromatic rings. The van der Waals surface area contributed by atoms with Gasteiger partial charge in [0.15, 0.2) is 0 Å². The van der Waals surface area contributed by atoms with Crippen molar-refractivity contribution >= 4 is 33.1 Å².